The molecule has 4 atom stereocenters. The first-order chi connectivity index (χ1) is 27.9. The molecule has 58 heavy (non-hydrogen) atoms. The highest BCUT2D eigenvalue weighted by atomic mass is 16.5. The number of primary amides is 1. The number of piperidine rings is 4. The van der Waals surface area contributed by atoms with Crippen molar-refractivity contribution in [1.29, 1.82) is 0 Å². The van der Waals surface area contributed by atoms with Gasteiger partial charge in [0.1, 0.15) is 0 Å². The van der Waals surface area contributed by atoms with E-state index >= 15 is 0 Å². The number of nitrogens with zero attached hydrogens (tertiary/aromatic N) is 8. The van der Waals surface area contributed by atoms with Gasteiger partial charge in [-0.3, -0.25) is 23.7 Å². The minimum atomic E-state index is -0.879. The van der Waals surface area contributed by atoms with E-state index in [1.165, 1.54) is 0 Å². The van der Waals surface area contributed by atoms with Crippen LogP contribution in [0.1, 0.15) is 107 Å². The quantitative estimate of drug-likeness (QED) is 0.211. The summed E-state index contributed by atoms with van der Waals surface area (Å²) in [5.41, 5.74) is 9.36. The molecule has 0 spiro atoms. The average Bonchev–Trinajstić information content (AvgIpc) is 3.85. The van der Waals surface area contributed by atoms with Crippen molar-refractivity contribution < 1.29 is 23.9 Å². The number of nitrogens with two attached hydrogens (primary N) is 1. The van der Waals surface area contributed by atoms with Crippen molar-refractivity contribution in [1.82, 2.24) is 39.2 Å². The Labute approximate surface area is 341 Å². The van der Waals surface area contributed by atoms with Crippen LogP contribution in [-0.4, -0.2) is 123 Å². The number of esters is 1. The van der Waals surface area contributed by atoms with Gasteiger partial charge in [-0.15, -0.1) is 0 Å². The van der Waals surface area contributed by atoms with E-state index < -0.39 is 23.7 Å². The lowest BCUT2D eigenvalue weighted by Gasteiger charge is -2.38. The number of amides is 3. The Morgan fingerprint density at radius 1 is 0.655 bits per heavy atom. The van der Waals surface area contributed by atoms with Crippen LogP contribution in [0.5, 0.6) is 0 Å². The number of fused-ring (bicyclic) bond motifs is 2. The maximum Gasteiger partial charge on any atom is 0.397 e. The maximum atomic E-state index is 12.7. The van der Waals surface area contributed by atoms with Gasteiger partial charge < -0.3 is 30.1 Å². The van der Waals surface area contributed by atoms with Crippen LogP contribution in [0.15, 0.2) is 48.8 Å². The van der Waals surface area contributed by atoms with Gasteiger partial charge in [-0.1, -0.05) is 26.0 Å². The first kappa shape index (κ1) is 41.3. The van der Waals surface area contributed by atoms with Gasteiger partial charge in [-0.25, -0.2) is 4.79 Å². The molecule has 14 nitrogen and oxygen atoms in total. The maximum absolute atomic E-state index is 12.7. The predicted octanol–water partition coefficient (Wildman–Crippen LogP) is 5.25. The Morgan fingerprint density at radius 2 is 1.09 bits per heavy atom. The summed E-state index contributed by atoms with van der Waals surface area (Å²) in [6.07, 6.45) is 12.5. The van der Waals surface area contributed by atoms with Crippen LogP contribution in [0.3, 0.4) is 0 Å². The van der Waals surface area contributed by atoms with E-state index in [9.17, 15) is 19.2 Å². The number of carbonyl (C=O) groups excluding carboxylic acids is 4. The van der Waals surface area contributed by atoms with E-state index in [4.69, 9.17) is 20.7 Å². The minimum Gasteiger partial charge on any atom is -0.459 e. The van der Waals surface area contributed by atoms with Gasteiger partial charge in [0.05, 0.1) is 41.8 Å². The first-order valence-corrected chi connectivity index (χ1v) is 21.3. The average molecular weight is 796 g/mol. The summed E-state index contributed by atoms with van der Waals surface area (Å²) in [4.78, 5) is 56.8. The topological polar surface area (TPSA) is 152 Å². The monoisotopic (exact) mass is 795 g/mol. The fraction of sp³-hybridized carbons (Fsp3) is 0.591. The fourth-order valence-corrected chi connectivity index (χ4v) is 9.33. The standard InChI is InChI=1S/C23H32N4O3.C21H29N5O2/c1-4-30-23(29)22(28)26-14-16(2)5-8-21(26)17-6-7-20-18(13-17)15-27(24-20)19-9-11-25(3)12-10-19;1-14-3-6-19(25(12-14)21(28)20(22)27)15-4-5-18-16(11-15)13-26(23-18)17-7-9-24(2)10-8-17/h6-7,13,15-16,19,21H,4-5,8-12,14H2,1-3H3;4-5,11,13-14,17,19H,3,6-10,12H2,1-2H3,(H2,22,27)/t16-,21+;14-,19+/m00/s1. The lowest BCUT2D eigenvalue weighted by atomic mass is 9.89. The lowest BCUT2D eigenvalue weighted by Crippen LogP contribution is -2.46. The number of hydrogen-bond acceptors (Lipinski definition) is 9. The van der Waals surface area contributed by atoms with Gasteiger partial charge in [0, 0.05) is 36.3 Å². The Hall–Kier alpha value is -4.82. The van der Waals surface area contributed by atoms with Gasteiger partial charge in [0.25, 0.3) is 0 Å². The first-order valence-electron chi connectivity index (χ1n) is 21.3. The molecule has 4 aliphatic heterocycles. The summed E-state index contributed by atoms with van der Waals surface area (Å²) in [5.74, 6) is -2.01. The summed E-state index contributed by atoms with van der Waals surface area (Å²) in [6.45, 7) is 11.7. The van der Waals surface area contributed by atoms with E-state index in [0.29, 0.717) is 37.0 Å². The molecular formula is C44H61N9O5. The van der Waals surface area contributed by atoms with Crippen LogP contribution in [-0.2, 0) is 23.9 Å². The Bertz CT molecular complexity index is 2100. The molecule has 0 aliphatic carbocycles. The second-order valence-electron chi connectivity index (χ2n) is 17.3. The lowest BCUT2D eigenvalue weighted by molar-refractivity contribution is -0.162. The highest BCUT2D eigenvalue weighted by molar-refractivity contribution is 6.34. The molecule has 2 aromatic carbocycles. The van der Waals surface area contributed by atoms with Gasteiger partial charge >= 0.3 is 23.7 Å². The molecule has 4 fully saturated rings. The van der Waals surface area contributed by atoms with Crippen LogP contribution in [0, 0.1) is 11.8 Å². The summed E-state index contributed by atoms with van der Waals surface area (Å²) in [7, 11) is 4.32. The van der Waals surface area contributed by atoms with E-state index in [2.05, 4.69) is 77.7 Å². The Balaban J connectivity index is 0.000000177. The number of hydrogen-bond donors (Lipinski definition) is 1. The molecule has 0 bridgehead atoms. The number of aromatic nitrogens is 4. The molecule has 14 heteroatoms. The van der Waals surface area contributed by atoms with Crippen molar-refractivity contribution in [3.8, 4) is 0 Å². The third-order valence-electron chi connectivity index (χ3n) is 12.8. The molecular weight excluding hydrogens is 735 g/mol. The van der Waals surface area contributed by atoms with Crippen molar-refractivity contribution in [2.75, 3.05) is 60.0 Å². The van der Waals surface area contributed by atoms with Crippen molar-refractivity contribution in [3.63, 3.8) is 0 Å². The minimum absolute atomic E-state index is 0.103. The van der Waals surface area contributed by atoms with Gasteiger partial charge in [-0.2, -0.15) is 10.2 Å². The molecule has 4 saturated heterocycles. The second-order valence-corrected chi connectivity index (χ2v) is 17.3. The predicted molar refractivity (Wildman–Crippen MR) is 223 cm³/mol. The number of ether oxygens (including phenoxy) is 1. The number of carbonyl (C=O) groups is 4. The zero-order valence-corrected chi connectivity index (χ0v) is 34.9. The van der Waals surface area contributed by atoms with Crippen molar-refractivity contribution in [2.45, 2.75) is 96.3 Å². The smallest absolute Gasteiger partial charge is 0.397 e. The van der Waals surface area contributed by atoms with Crippen LogP contribution in [0.25, 0.3) is 21.8 Å². The van der Waals surface area contributed by atoms with Gasteiger partial charge in [0.2, 0.25) is 0 Å². The molecule has 4 aliphatic rings. The van der Waals surface area contributed by atoms with Crippen LogP contribution >= 0.6 is 0 Å². The highest BCUT2D eigenvalue weighted by Gasteiger charge is 2.36. The van der Waals surface area contributed by atoms with Crippen LogP contribution in [0.4, 0.5) is 0 Å². The molecule has 0 radical (unpaired) electrons. The van der Waals surface area contributed by atoms with Gasteiger partial charge in [-0.05, 0) is 146 Å². The molecule has 3 amide bonds. The molecule has 8 rings (SSSR count). The number of benzene rings is 2. The molecule has 0 unspecified atom stereocenters. The third-order valence-corrected chi connectivity index (χ3v) is 12.8. The Kier molecular flexibility index (Phi) is 12.8. The summed E-state index contributed by atoms with van der Waals surface area (Å²) < 4.78 is 9.20. The summed E-state index contributed by atoms with van der Waals surface area (Å²) >= 11 is 0. The normalized spacial score (nSPS) is 24.1. The highest BCUT2D eigenvalue weighted by Crippen LogP contribution is 2.37. The largest absolute Gasteiger partial charge is 0.459 e. The van der Waals surface area contributed by atoms with Gasteiger partial charge in [0.15, 0.2) is 0 Å². The third kappa shape index (κ3) is 9.23. The van der Waals surface area contributed by atoms with Crippen LogP contribution < -0.4 is 5.73 Å². The molecule has 4 aromatic rings. The molecule has 6 heterocycles. The van der Waals surface area contributed by atoms with E-state index in [1.54, 1.807) is 16.7 Å². The van der Waals surface area contributed by atoms with Crippen molar-refractivity contribution >= 4 is 45.5 Å². The second kappa shape index (κ2) is 18.0. The summed E-state index contributed by atoms with van der Waals surface area (Å²) in [6, 6.07) is 13.1. The zero-order chi connectivity index (χ0) is 41.1. The fourth-order valence-electron chi connectivity index (χ4n) is 9.33. The SMILES string of the molecule is CCOC(=O)C(=O)N1C[C@@H](C)CC[C@@H]1c1ccc2nn(C3CCN(C)CC3)cc2c1.C[C@H]1CC[C@H](c2ccc3nn(C4CCN(C)CC4)cc3c2)N(C(=O)C(N)=O)C1. The molecule has 0 saturated carbocycles. The Morgan fingerprint density at radius 3 is 1.50 bits per heavy atom. The molecule has 2 N–H and O–H groups in total. The van der Waals surface area contributed by atoms with E-state index in [1.807, 2.05) is 18.2 Å². The number of likely N-dealkylation sites (tertiary alicyclic amines) is 4. The van der Waals surface area contributed by atoms with E-state index in [0.717, 1.165) is 110 Å². The zero-order valence-electron chi connectivity index (χ0n) is 34.9. The molecule has 312 valence electrons. The molecule has 2 aromatic heterocycles. The van der Waals surface area contributed by atoms with Crippen molar-refractivity contribution in [2.24, 2.45) is 17.6 Å². The van der Waals surface area contributed by atoms with Crippen LogP contribution in [0.2, 0.25) is 0 Å². The van der Waals surface area contributed by atoms with E-state index in [-0.39, 0.29) is 18.7 Å². The van der Waals surface area contributed by atoms with Crippen molar-refractivity contribution in [3.05, 3.63) is 59.9 Å². The summed E-state index contributed by atoms with van der Waals surface area (Å²) in [5, 5.41) is 11.8. The number of rotatable bonds is 5.